The monoisotopic (exact) mass is 867 g/mol. The molecule has 0 aliphatic carbocycles. The van der Waals surface area contributed by atoms with E-state index in [0.717, 1.165) is 83.5 Å². The van der Waals surface area contributed by atoms with Crippen LogP contribution < -0.4 is 0 Å². The molecule has 62 heavy (non-hydrogen) atoms. The average molecular weight is 867 g/mol. The van der Waals surface area contributed by atoms with Gasteiger partial charge >= 0.3 is 11.9 Å². The molecule has 0 N–H and O–H groups in total. The standard InChI is InChI=1S/C57H102O5/c1-4-7-10-13-16-19-21-23-25-27-29-31-33-35-37-39-41-44-47-50-56(58)61-54-55(53-60-52-49-46-43-18-15-12-9-6-3)62-57(59)51-48-45-42-40-38-36-34-32-30-28-26-24-22-20-17-14-11-8-5-2/h7,10,16,19,23,25,29,31,35,37,55H,4-6,8-9,11-15,17-18,20-22,24,26-28,30,32-34,36,38-54H2,1-3H3/b10-7-,19-16-,25-23-,31-29-,37-35-. The van der Waals surface area contributed by atoms with E-state index in [-0.39, 0.29) is 25.2 Å². The fourth-order valence-electron chi connectivity index (χ4n) is 7.60. The van der Waals surface area contributed by atoms with Gasteiger partial charge in [0.2, 0.25) is 0 Å². The van der Waals surface area contributed by atoms with Crippen LogP contribution in [0.1, 0.15) is 265 Å². The quantitative estimate of drug-likeness (QED) is 0.0346. The molecule has 1 unspecified atom stereocenters. The third-order valence-corrected chi connectivity index (χ3v) is 11.6. The lowest BCUT2D eigenvalue weighted by molar-refractivity contribution is -0.163. The Balaban J connectivity index is 4.17. The van der Waals surface area contributed by atoms with E-state index >= 15 is 0 Å². The Morgan fingerprint density at radius 1 is 0.371 bits per heavy atom. The van der Waals surface area contributed by atoms with Crippen LogP contribution in [0, 0.1) is 0 Å². The Hall–Kier alpha value is -2.40. The van der Waals surface area contributed by atoms with E-state index in [1.54, 1.807) is 0 Å². The third-order valence-electron chi connectivity index (χ3n) is 11.6. The molecule has 0 aliphatic rings. The van der Waals surface area contributed by atoms with E-state index in [1.807, 2.05) is 0 Å². The summed E-state index contributed by atoms with van der Waals surface area (Å²) in [4.78, 5) is 25.4. The summed E-state index contributed by atoms with van der Waals surface area (Å²) in [5.74, 6) is -0.424. The minimum atomic E-state index is -0.545. The van der Waals surface area contributed by atoms with Gasteiger partial charge in [-0.2, -0.15) is 0 Å². The van der Waals surface area contributed by atoms with Crippen LogP contribution in [0.15, 0.2) is 60.8 Å². The van der Waals surface area contributed by atoms with E-state index in [0.29, 0.717) is 19.4 Å². The molecule has 0 heterocycles. The van der Waals surface area contributed by atoms with Crippen molar-refractivity contribution >= 4 is 11.9 Å². The van der Waals surface area contributed by atoms with Crippen molar-refractivity contribution in [3.8, 4) is 0 Å². The first-order valence-electron chi connectivity index (χ1n) is 26.8. The number of carbonyl (C=O) groups excluding carboxylic acids is 2. The van der Waals surface area contributed by atoms with Crippen LogP contribution in [-0.2, 0) is 23.8 Å². The fourth-order valence-corrected chi connectivity index (χ4v) is 7.60. The van der Waals surface area contributed by atoms with Crippen molar-refractivity contribution in [3.63, 3.8) is 0 Å². The summed E-state index contributed by atoms with van der Waals surface area (Å²) < 4.78 is 17.3. The summed E-state index contributed by atoms with van der Waals surface area (Å²) in [6.45, 7) is 7.70. The van der Waals surface area contributed by atoms with Crippen molar-refractivity contribution in [2.45, 2.75) is 271 Å². The molecule has 0 saturated heterocycles. The van der Waals surface area contributed by atoms with Gasteiger partial charge in [0.25, 0.3) is 0 Å². The number of esters is 2. The number of rotatable bonds is 49. The lowest BCUT2D eigenvalue weighted by Crippen LogP contribution is -2.30. The molecule has 0 amide bonds. The van der Waals surface area contributed by atoms with Gasteiger partial charge in [-0.3, -0.25) is 9.59 Å². The van der Waals surface area contributed by atoms with Gasteiger partial charge in [0.15, 0.2) is 6.10 Å². The highest BCUT2D eigenvalue weighted by Crippen LogP contribution is 2.16. The van der Waals surface area contributed by atoms with E-state index < -0.39 is 6.10 Å². The fraction of sp³-hybridized carbons (Fsp3) is 0.789. The zero-order valence-electron chi connectivity index (χ0n) is 41.4. The highest BCUT2D eigenvalue weighted by atomic mass is 16.6. The van der Waals surface area contributed by atoms with Crippen LogP contribution in [0.2, 0.25) is 0 Å². The van der Waals surface area contributed by atoms with Gasteiger partial charge in [0.1, 0.15) is 6.61 Å². The molecule has 5 nitrogen and oxygen atoms in total. The number of ether oxygens (including phenoxy) is 3. The van der Waals surface area contributed by atoms with Crippen LogP contribution in [0.25, 0.3) is 0 Å². The van der Waals surface area contributed by atoms with Gasteiger partial charge in [0.05, 0.1) is 6.61 Å². The maximum atomic E-state index is 12.8. The SMILES string of the molecule is CC/C=C\C/C=C\C/C=C\C/C=C\C/C=C\CCCCCC(=O)OCC(COCCCCCCCCCC)OC(=O)CCCCCCCCCCCCCCCCCCCCC. The summed E-state index contributed by atoms with van der Waals surface area (Å²) in [6, 6.07) is 0. The first-order valence-corrected chi connectivity index (χ1v) is 26.8. The number of hydrogen-bond donors (Lipinski definition) is 0. The van der Waals surface area contributed by atoms with Crippen LogP contribution >= 0.6 is 0 Å². The predicted molar refractivity (Wildman–Crippen MR) is 270 cm³/mol. The predicted octanol–water partition coefficient (Wildman–Crippen LogP) is 18.1. The number of unbranched alkanes of at least 4 members (excludes halogenated alkanes) is 28. The van der Waals surface area contributed by atoms with Crippen LogP contribution in [-0.4, -0.2) is 37.9 Å². The minimum Gasteiger partial charge on any atom is -0.462 e. The molecule has 0 spiro atoms. The first-order chi connectivity index (χ1) is 30.6. The molecule has 360 valence electrons. The van der Waals surface area contributed by atoms with Crippen molar-refractivity contribution in [2.24, 2.45) is 0 Å². The first kappa shape index (κ1) is 59.6. The average Bonchev–Trinajstić information content (AvgIpc) is 3.27. The van der Waals surface area contributed by atoms with Crippen LogP contribution in [0.3, 0.4) is 0 Å². The van der Waals surface area contributed by atoms with Crippen LogP contribution in [0.4, 0.5) is 0 Å². The topological polar surface area (TPSA) is 61.8 Å². The molecule has 0 aromatic heterocycles. The molecular formula is C57H102O5. The Morgan fingerprint density at radius 3 is 1.16 bits per heavy atom. The number of carbonyl (C=O) groups is 2. The lowest BCUT2D eigenvalue weighted by atomic mass is 10.0. The summed E-state index contributed by atoms with van der Waals surface area (Å²) in [5, 5.41) is 0. The Morgan fingerprint density at radius 2 is 0.726 bits per heavy atom. The molecule has 0 bridgehead atoms. The smallest absolute Gasteiger partial charge is 0.306 e. The molecule has 0 aromatic carbocycles. The number of hydrogen-bond acceptors (Lipinski definition) is 5. The largest absolute Gasteiger partial charge is 0.462 e. The third kappa shape index (κ3) is 50.2. The van der Waals surface area contributed by atoms with Gasteiger partial charge in [0, 0.05) is 19.4 Å². The van der Waals surface area contributed by atoms with Crippen molar-refractivity contribution < 1.29 is 23.8 Å². The summed E-state index contributed by atoms with van der Waals surface area (Å²) in [7, 11) is 0. The van der Waals surface area contributed by atoms with Crippen molar-refractivity contribution in [3.05, 3.63) is 60.8 Å². The van der Waals surface area contributed by atoms with Crippen molar-refractivity contribution in [1.29, 1.82) is 0 Å². The molecule has 0 fully saturated rings. The zero-order chi connectivity index (χ0) is 44.9. The Bertz CT molecular complexity index is 1070. The van der Waals surface area contributed by atoms with E-state index in [1.165, 1.54) is 148 Å². The molecule has 0 saturated carbocycles. The second kappa shape index (κ2) is 52.9. The molecule has 0 aromatic rings. The molecule has 0 rings (SSSR count). The van der Waals surface area contributed by atoms with Gasteiger partial charge in [-0.1, -0.05) is 248 Å². The number of allylic oxidation sites excluding steroid dienone is 10. The molecular weight excluding hydrogens is 765 g/mol. The van der Waals surface area contributed by atoms with Gasteiger partial charge in [-0.15, -0.1) is 0 Å². The Kier molecular flexibility index (Phi) is 50.9. The lowest BCUT2D eigenvalue weighted by Gasteiger charge is -2.18. The van der Waals surface area contributed by atoms with Gasteiger partial charge in [-0.25, -0.2) is 0 Å². The van der Waals surface area contributed by atoms with Crippen molar-refractivity contribution in [1.82, 2.24) is 0 Å². The molecule has 0 radical (unpaired) electrons. The second-order valence-electron chi connectivity index (χ2n) is 17.8. The Labute approximate surface area is 385 Å². The highest BCUT2D eigenvalue weighted by Gasteiger charge is 2.17. The van der Waals surface area contributed by atoms with Gasteiger partial charge < -0.3 is 14.2 Å². The molecule has 1 atom stereocenters. The minimum absolute atomic E-state index is 0.0707. The van der Waals surface area contributed by atoms with E-state index in [9.17, 15) is 9.59 Å². The normalized spacial score (nSPS) is 12.6. The molecule has 0 aliphatic heterocycles. The van der Waals surface area contributed by atoms with Crippen LogP contribution in [0.5, 0.6) is 0 Å². The maximum absolute atomic E-state index is 12.8. The maximum Gasteiger partial charge on any atom is 0.306 e. The molecule has 5 heteroatoms. The van der Waals surface area contributed by atoms with E-state index in [4.69, 9.17) is 14.2 Å². The van der Waals surface area contributed by atoms with E-state index in [2.05, 4.69) is 81.5 Å². The zero-order valence-corrected chi connectivity index (χ0v) is 41.4. The van der Waals surface area contributed by atoms with Gasteiger partial charge in [-0.05, 0) is 64.2 Å². The second-order valence-corrected chi connectivity index (χ2v) is 17.8. The summed E-state index contributed by atoms with van der Waals surface area (Å²) >= 11 is 0. The summed E-state index contributed by atoms with van der Waals surface area (Å²) in [6.07, 6.45) is 66.7. The summed E-state index contributed by atoms with van der Waals surface area (Å²) in [5.41, 5.74) is 0. The highest BCUT2D eigenvalue weighted by molar-refractivity contribution is 5.70. The van der Waals surface area contributed by atoms with Crippen molar-refractivity contribution in [2.75, 3.05) is 19.8 Å².